The fraction of sp³-hybridized carbons (Fsp3) is 0.460. The molecular weight excluding hydrogens is 904 g/mol. The Bertz CT molecular complexity index is 2330. The molecule has 0 unspecified atom stereocenters. The zero-order valence-corrected chi connectivity index (χ0v) is 40.9. The average Bonchev–Trinajstić information content (AvgIpc) is 3.31. The molecule has 0 aromatic heterocycles. The first kappa shape index (κ1) is 54.7. The monoisotopic (exact) mass is 968 g/mol. The Morgan fingerprint density at radius 2 is 1.45 bits per heavy atom. The molecule has 1 fully saturated rings. The van der Waals surface area contributed by atoms with E-state index < -0.39 is 77.8 Å². The van der Waals surface area contributed by atoms with Gasteiger partial charge < -0.3 is 41.5 Å². The van der Waals surface area contributed by atoms with Gasteiger partial charge >= 0.3 is 12.0 Å². The van der Waals surface area contributed by atoms with Gasteiger partial charge in [-0.15, -0.1) is 0 Å². The third-order valence-corrected chi connectivity index (χ3v) is 11.8. The summed E-state index contributed by atoms with van der Waals surface area (Å²) in [4.78, 5) is 103. The van der Waals surface area contributed by atoms with Crippen molar-refractivity contribution in [2.75, 3.05) is 20.7 Å². The van der Waals surface area contributed by atoms with Crippen LogP contribution in [0.5, 0.6) is 0 Å². The van der Waals surface area contributed by atoms with Gasteiger partial charge in [-0.25, -0.2) is 9.59 Å². The van der Waals surface area contributed by atoms with Gasteiger partial charge in [-0.3, -0.25) is 24.0 Å². The number of nitrogens with one attached hydrogen (secondary N) is 6. The molecule has 1 saturated heterocycles. The van der Waals surface area contributed by atoms with E-state index in [1.54, 1.807) is 48.5 Å². The van der Waals surface area contributed by atoms with Gasteiger partial charge in [0.15, 0.2) is 0 Å². The van der Waals surface area contributed by atoms with E-state index in [9.17, 15) is 39.1 Å². The van der Waals surface area contributed by atoms with Gasteiger partial charge in [0.05, 0.1) is 7.11 Å². The van der Waals surface area contributed by atoms with Gasteiger partial charge in [0.25, 0.3) is 0 Å². The molecule has 19 heteroatoms. The summed E-state index contributed by atoms with van der Waals surface area (Å²) in [5, 5.41) is 20.8. The van der Waals surface area contributed by atoms with Crippen molar-refractivity contribution in [2.24, 2.45) is 17.0 Å². The van der Waals surface area contributed by atoms with Crippen molar-refractivity contribution < 1.29 is 38.3 Å². The first-order valence-corrected chi connectivity index (χ1v) is 23.5. The number of halogens is 1. The highest BCUT2D eigenvalue weighted by Gasteiger charge is 2.37. The summed E-state index contributed by atoms with van der Waals surface area (Å²) in [6.07, 6.45) is 1.02. The molecule has 7 amide bonds. The lowest BCUT2D eigenvalue weighted by Gasteiger charge is -2.33. The molecule has 18 nitrogen and oxygen atoms in total. The van der Waals surface area contributed by atoms with Crippen LogP contribution in [0.2, 0.25) is 5.02 Å². The Labute approximate surface area is 408 Å². The van der Waals surface area contributed by atoms with Gasteiger partial charge in [0.1, 0.15) is 36.3 Å². The van der Waals surface area contributed by atoms with Crippen LogP contribution in [0.3, 0.4) is 0 Å². The Hall–Kier alpha value is -6.91. The third-order valence-electron chi connectivity index (χ3n) is 11.5. The second-order valence-electron chi connectivity index (χ2n) is 18.0. The zero-order valence-electron chi connectivity index (χ0n) is 40.1. The number of carbonyl (C=O) groups is 7. The first-order chi connectivity index (χ1) is 32.9. The number of azide groups is 1. The highest BCUT2D eigenvalue weighted by molar-refractivity contribution is 6.31. The first-order valence-electron chi connectivity index (χ1n) is 23.1. The van der Waals surface area contributed by atoms with E-state index in [-0.39, 0.29) is 62.6 Å². The zero-order chi connectivity index (χ0) is 50.6. The van der Waals surface area contributed by atoms with E-state index in [1.165, 1.54) is 25.1 Å². The van der Waals surface area contributed by atoms with Crippen molar-refractivity contribution in [2.45, 2.75) is 115 Å². The summed E-state index contributed by atoms with van der Waals surface area (Å²) in [5.41, 5.74) is 11.7. The number of likely N-dealkylation sites (N-methyl/N-ethyl adjacent to an activating group) is 1. The largest absolute Gasteiger partial charge is 0.467 e. The fourth-order valence-corrected chi connectivity index (χ4v) is 8.14. The minimum atomic E-state index is -1.31. The van der Waals surface area contributed by atoms with Crippen molar-refractivity contribution in [3.63, 3.8) is 0 Å². The maximum Gasteiger partial charge on any atom is 0.328 e. The molecule has 4 rings (SSSR count). The standard InChI is InChI=1S/C50H65ClN10O8/c1-30(2)24-39-46(64)56-41(25-31(3)4)48(66)61(6)43(26-32(5)36-22-21-35(51)29-38(36)59-60-52)47(65)55-40(27-33-16-10-8-11-17-33)44(62)53-23-15-14-20-37(45(63)54-39)57-50(68)58-42(49(67)69-7)28-34-18-12-9-13-19-34/h8-13,16-19,21-22,29-31,37,39-43H,5,14-15,20,23-28H2,1-4,6-7H3,(H,53,62)(H,54,63)(H,55,65)(H,56,64)(H2,57,58,68)/t37-,39+,40+,41+,42+,43+/m1/s1. The fourth-order valence-electron chi connectivity index (χ4n) is 7.97. The number of ether oxygens (including phenoxy) is 1. The molecule has 1 aliphatic heterocycles. The topological polar surface area (TPSA) is 253 Å². The number of hydrogen-bond donors (Lipinski definition) is 6. The van der Waals surface area contributed by atoms with Crippen LogP contribution in [0.4, 0.5) is 10.5 Å². The quantitative estimate of drug-likeness (QED) is 0.0451. The minimum absolute atomic E-state index is 0.0662. The van der Waals surface area contributed by atoms with E-state index in [4.69, 9.17) is 16.3 Å². The number of methoxy groups -OCH3 is 1. The summed E-state index contributed by atoms with van der Waals surface area (Å²) >= 11 is 6.22. The van der Waals surface area contributed by atoms with Crippen LogP contribution in [0.25, 0.3) is 16.0 Å². The summed E-state index contributed by atoms with van der Waals surface area (Å²) in [6, 6.07) is 14.8. The maximum atomic E-state index is 14.8. The number of benzene rings is 3. The maximum absolute atomic E-state index is 14.8. The van der Waals surface area contributed by atoms with Crippen LogP contribution in [0.15, 0.2) is 90.6 Å². The van der Waals surface area contributed by atoms with E-state index in [0.29, 0.717) is 29.0 Å². The van der Waals surface area contributed by atoms with E-state index in [2.05, 4.69) is 48.5 Å². The molecule has 3 aromatic rings. The number of carbonyl (C=O) groups excluding carboxylic acids is 7. The van der Waals surface area contributed by atoms with Crippen molar-refractivity contribution >= 4 is 64.4 Å². The summed E-state index contributed by atoms with van der Waals surface area (Å²) in [6.45, 7) is 11.8. The lowest BCUT2D eigenvalue weighted by atomic mass is 9.95. The normalized spacial score (nSPS) is 20.4. The van der Waals surface area contributed by atoms with Crippen LogP contribution < -0.4 is 31.9 Å². The smallest absolute Gasteiger partial charge is 0.328 e. The molecule has 1 aliphatic rings. The molecule has 0 aliphatic carbocycles. The van der Waals surface area contributed by atoms with Crippen molar-refractivity contribution in [3.05, 3.63) is 118 Å². The van der Waals surface area contributed by atoms with Crippen LogP contribution in [-0.4, -0.2) is 103 Å². The van der Waals surface area contributed by atoms with Gasteiger partial charge in [-0.05, 0) is 83.9 Å². The highest BCUT2D eigenvalue weighted by Crippen LogP contribution is 2.32. The minimum Gasteiger partial charge on any atom is -0.467 e. The van der Waals surface area contributed by atoms with Gasteiger partial charge in [-0.2, -0.15) is 0 Å². The number of rotatable bonds is 15. The van der Waals surface area contributed by atoms with Crippen LogP contribution in [0.1, 0.15) is 82.9 Å². The Morgan fingerprint density at radius 1 is 0.841 bits per heavy atom. The molecule has 3 aromatic carbocycles. The summed E-state index contributed by atoms with van der Waals surface area (Å²) < 4.78 is 4.96. The lowest BCUT2D eigenvalue weighted by Crippen LogP contribution is -2.60. The molecule has 69 heavy (non-hydrogen) atoms. The molecule has 0 bridgehead atoms. The Morgan fingerprint density at radius 3 is 2.07 bits per heavy atom. The third kappa shape index (κ3) is 17.3. The second kappa shape index (κ2) is 27.2. The van der Waals surface area contributed by atoms with Gasteiger partial charge in [-0.1, -0.05) is 118 Å². The molecule has 0 radical (unpaired) electrons. The van der Waals surface area contributed by atoms with Crippen LogP contribution >= 0.6 is 11.6 Å². The molecule has 6 atom stereocenters. The number of amides is 7. The molecule has 6 N–H and O–H groups in total. The van der Waals surface area contributed by atoms with Crippen LogP contribution in [0, 0.1) is 11.8 Å². The molecule has 0 saturated carbocycles. The van der Waals surface area contributed by atoms with Crippen LogP contribution in [-0.2, 0) is 46.3 Å². The average molecular weight is 970 g/mol. The van der Waals surface area contributed by atoms with Crippen molar-refractivity contribution in [1.82, 2.24) is 36.8 Å². The van der Waals surface area contributed by atoms with E-state index >= 15 is 0 Å². The Kier molecular flexibility index (Phi) is 21.5. The summed E-state index contributed by atoms with van der Waals surface area (Å²) in [7, 11) is 2.63. The number of esters is 1. The molecular formula is C50H65ClN10O8. The molecule has 0 spiro atoms. The number of nitrogens with zero attached hydrogens (tertiary/aromatic N) is 4. The summed E-state index contributed by atoms with van der Waals surface area (Å²) in [5.74, 6) is -4.15. The predicted molar refractivity (Wildman–Crippen MR) is 264 cm³/mol. The van der Waals surface area contributed by atoms with E-state index in [0.717, 1.165) is 11.1 Å². The Balaban J connectivity index is 1.74. The SMILES string of the molecule is C=C(C[C@H]1C(=O)N[C@@H](Cc2ccccc2)C(=O)NCCCC[C@@H](NC(=O)N[C@@H](Cc2ccccc2)C(=O)OC)C(=O)N[C@@H](CC(C)C)C(=O)N[C@@H](CC(C)C)C(=O)N1C)c1ccc(Cl)cc1N=[N+]=[N-]. The molecule has 370 valence electrons. The lowest BCUT2D eigenvalue weighted by molar-refractivity contribution is -0.143. The van der Waals surface area contributed by atoms with Crippen molar-refractivity contribution in [1.29, 1.82) is 0 Å². The number of hydrogen-bond acceptors (Lipinski definition) is 9. The van der Waals surface area contributed by atoms with Gasteiger partial charge in [0, 0.05) is 48.5 Å². The molecule has 1 heterocycles. The van der Waals surface area contributed by atoms with E-state index in [1.807, 2.05) is 52.0 Å². The van der Waals surface area contributed by atoms with Crippen molar-refractivity contribution in [3.8, 4) is 0 Å². The second-order valence-corrected chi connectivity index (χ2v) is 18.4. The predicted octanol–water partition coefficient (Wildman–Crippen LogP) is 6.05. The van der Waals surface area contributed by atoms with Gasteiger partial charge in [0.2, 0.25) is 29.5 Å². The highest BCUT2D eigenvalue weighted by atomic mass is 35.5. The number of urea groups is 1.